The van der Waals surface area contributed by atoms with Crippen molar-refractivity contribution in [3.05, 3.63) is 15.6 Å². The molecule has 1 heterocycles. The Hall–Kier alpha value is -1.63. The molecular formula is C13H21N3O3S. The maximum Gasteiger partial charge on any atom is 0.326 e. The number of thiazole rings is 1. The number of carboxylic acid groups (broad SMARTS) is 1. The van der Waals surface area contributed by atoms with Crippen LogP contribution in [0.2, 0.25) is 0 Å². The van der Waals surface area contributed by atoms with Crippen molar-refractivity contribution in [1.82, 2.24) is 15.6 Å². The normalized spacial score (nSPS) is 13.6. The highest BCUT2D eigenvalue weighted by molar-refractivity contribution is 7.11. The molecule has 0 spiro atoms. The van der Waals surface area contributed by atoms with E-state index in [1.54, 1.807) is 0 Å². The summed E-state index contributed by atoms with van der Waals surface area (Å²) in [5.41, 5.74) is 0.892. The van der Waals surface area contributed by atoms with Crippen molar-refractivity contribution < 1.29 is 14.7 Å². The second-order valence-electron chi connectivity index (χ2n) is 4.70. The van der Waals surface area contributed by atoms with Crippen LogP contribution in [0.3, 0.4) is 0 Å². The lowest BCUT2D eigenvalue weighted by Crippen LogP contribution is -2.46. The summed E-state index contributed by atoms with van der Waals surface area (Å²) in [5.74, 6) is -1.01. The molecule has 1 aromatic rings. The molecule has 0 fully saturated rings. The van der Waals surface area contributed by atoms with Gasteiger partial charge in [-0.2, -0.15) is 0 Å². The molecule has 1 aromatic heterocycles. The lowest BCUT2D eigenvalue weighted by Gasteiger charge is -2.17. The summed E-state index contributed by atoms with van der Waals surface area (Å²) in [7, 11) is 0. The summed E-state index contributed by atoms with van der Waals surface area (Å²) in [5, 5.41) is 15.2. The molecule has 1 unspecified atom stereocenters. The predicted octanol–water partition coefficient (Wildman–Crippen LogP) is 2.37. The van der Waals surface area contributed by atoms with Crippen LogP contribution >= 0.6 is 11.3 Å². The molecule has 0 aliphatic carbocycles. The Morgan fingerprint density at radius 1 is 1.35 bits per heavy atom. The smallest absolute Gasteiger partial charge is 0.326 e. The van der Waals surface area contributed by atoms with Gasteiger partial charge < -0.3 is 15.7 Å². The van der Waals surface area contributed by atoms with E-state index in [1.807, 2.05) is 27.7 Å². The largest absolute Gasteiger partial charge is 0.480 e. The van der Waals surface area contributed by atoms with Crippen LogP contribution < -0.4 is 10.6 Å². The molecule has 0 aliphatic heterocycles. The minimum Gasteiger partial charge on any atom is -0.480 e. The van der Waals surface area contributed by atoms with Crippen LogP contribution in [-0.2, 0) is 4.79 Å². The minimum absolute atomic E-state index is 0.197. The van der Waals surface area contributed by atoms with Crippen molar-refractivity contribution in [2.45, 2.75) is 52.6 Å². The van der Waals surface area contributed by atoms with Gasteiger partial charge in [-0.1, -0.05) is 13.3 Å². The molecule has 2 atom stereocenters. The van der Waals surface area contributed by atoms with Crippen LogP contribution in [0, 0.1) is 13.8 Å². The van der Waals surface area contributed by atoms with Crippen molar-refractivity contribution in [3.8, 4) is 0 Å². The third-order valence-corrected chi connectivity index (χ3v) is 4.12. The highest BCUT2D eigenvalue weighted by atomic mass is 32.1. The third-order valence-electron chi connectivity index (χ3n) is 2.86. The van der Waals surface area contributed by atoms with Crippen LogP contribution in [-0.4, -0.2) is 28.1 Å². The van der Waals surface area contributed by atoms with Gasteiger partial charge in [0.15, 0.2) is 0 Å². The first-order valence-corrected chi connectivity index (χ1v) is 7.40. The average molecular weight is 299 g/mol. The van der Waals surface area contributed by atoms with Gasteiger partial charge in [0, 0.05) is 4.88 Å². The Morgan fingerprint density at radius 3 is 2.45 bits per heavy atom. The van der Waals surface area contributed by atoms with Gasteiger partial charge >= 0.3 is 12.0 Å². The zero-order chi connectivity index (χ0) is 15.3. The summed E-state index contributed by atoms with van der Waals surface area (Å²) < 4.78 is 0. The summed E-state index contributed by atoms with van der Waals surface area (Å²) in [6.45, 7) is 7.54. The molecule has 7 heteroatoms. The van der Waals surface area contributed by atoms with E-state index in [0.717, 1.165) is 15.6 Å². The zero-order valence-corrected chi connectivity index (χ0v) is 13.0. The topological polar surface area (TPSA) is 91.3 Å². The quantitative estimate of drug-likeness (QED) is 0.752. The van der Waals surface area contributed by atoms with E-state index in [9.17, 15) is 9.59 Å². The number of aromatic nitrogens is 1. The fourth-order valence-corrected chi connectivity index (χ4v) is 2.89. The van der Waals surface area contributed by atoms with Crippen LogP contribution in [0.4, 0.5) is 4.79 Å². The highest BCUT2D eigenvalue weighted by Crippen LogP contribution is 2.24. The van der Waals surface area contributed by atoms with Crippen molar-refractivity contribution in [2.75, 3.05) is 0 Å². The summed E-state index contributed by atoms with van der Waals surface area (Å²) in [6, 6.07) is -1.52. The fourth-order valence-electron chi connectivity index (χ4n) is 1.96. The van der Waals surface area contributed by atoms with Gasteiger partial charge in [-0.25, -0.2) is 14.6 Å². The molecule has 0 bridgehead atoms. The van der Waals surface area contributed by atoms with Crippen LogP contribution in [0.1, 0.15) is 48.3 Å². The number of aryl methyl sites for hydroxylation is 2. The van der Waals surface area contributed by atoms with Crippen molar-refractivity contribution in [1.29, 1.82) is 0 Å². The monoisotopic (exact) mass is 299 g/mol. The van der Waals surface area contributed by atoms with Gasteiger partial charge in [-0.3, -0.25) is 0 Å². The number of nitrogens with one attached hydrogen (secondary N) is 2. The SMILES string of the molecule is CCC[C@H](NC(=O)NC(C)c1sc(C)nc1C)C(=O)O. The summed E-state index contributed by atoms with van der Waals surface area (Å²) in [6.07, 6.45) is 1.11. The van der Waals surface area contributed by atoms with Gasteiger partial charge in [0.25, 0.3) is 0 Å². The standard InChI is InChI=1S/C13H21N3O3S/c1-5-6-10(12(17)18)16-13(19)15-8(3)11-7(2)14-9(4)20-11/h8,10H,5-6H2,1-4H3,(H,17,18)(H2,15,16,19)/t8?,10-/m0/s1. The second kappa shape index (κ2) is 7.23. The molecule has 0 aliphatic rings. The van der Waals surface area contributed by atoms with Gasteiger partial charge in [-0.05, 0) is 27.2 Å². The van der Waals surface area contributed by atoms with Crippen LogP contribution in [0.15, 0.2) is 0 Å². The Morgan fingerprint density at radius 2 is 2.00 bits per heavy atom. The number of carbonyl (C=O) groups excluding carboxylic acids is 1. The molecular weight excluding hydrogens is 278 g/mol. The van der Waals surface area contributed by atoms with Gasteiger partial charge in [0.2, 0.25) is 0 Å². The van der Waals surface area contributed by atoms with Crippen molar-refractivity contribution >= 4 is 23.3 Å². The molecule has 0 radical (unpaired) electrons. The summed E-state index contributed by atoms with van der Waals surface area (Å²) in [4.78, 5) is 28.1. The number of rotatable bonds is 6. The zero-order valence-electron chi connectivity index (χ0n) is 12.2. The number of aliphatic carboxylic acids is 1. The highest BCUT2D eigenvalue weighted by Gasteiger charge is 2.21. The lowest BCUT2D eigenvalue weighted by atomic mass is 10.2. The number of carboxylic acids is 1. The number of nitrogens with zero attached hydrogens (tertiary/aromatic N) is 1. The lowest BCUT2D eigenvalue weighted by molar-refractivity contribution is -0.139. The van der Waals surface area contributed by atoms with E-state index in [1.165, 1.54) is 11.3 Å². The van der Waals surface area contributed by atoms with E-state index in [-0.39, 0.29) is 6.04 Å². The molecule has 6 nitrogen and oxygen atoms in total. The first kappa shape index (κ1) is 16.4. The van der Waals surface area contributed by atoms with Crippen molar-refractivity contribution in [2.24, 2.45) is 0 Å². The Balaban J connectivity index is 2.61. The van der Waals surface area contributed by atoms with Crippen LogP contribution in [0.25, 0.3) is 0 Å². The van der Waals surface area contributed by atoms with E-state index in [2.05, 4.69) is 15.6 Å². The Labute approximate surface area is 122 Å². The molecule has 2 amide bonds. The van der Waals surface area contributed by atoms with Crippen LogP contribution in [0.5, 0.6) is 0 Å². The molecule has 0 saturated heterocycles. The minimum atomic E-state index is -1.01. The second-order valence-corrected chi connectivity index (χ2v) is 5.94. The van der Waals surface area contributed by atoms with E-state index in [4.69, 9.17) is 5.11 Å². The van der Waals surface area contributed by atoms with E-state index in [0.29, 0.717) is 12.8 Å². The molecule has 0 aromatic carbocycles. The van der Waals surface area contributed by atoms with E-state index >= 15 is 0 Å². The predicted molar refractivity (Wildman–Crippen MR) is 78.0 cm³/mol. The van der Waals surface area contributed by atoms with Gasteiger partial charge in [0.05, 0.1) is 16.7 Å². The molecule has 20 heavy (non-hydrogen) atoms. The number of hydrogen-bond donors (Lipinski definition) is 3. The Kier molecular flexibility index (Phi) is 5.94. The molecule has 0 saturated carbocycles. The average Bonchev–Trinajstić information content (AvgIpc) is 2.67. The summed E-state index contributed by atoms with van der Waals surface area (Å²) >= 11 is 1.53. The molecule has 1 rings (SSSR count). The number of hydrogen-bond acceptors (Lipinski definition) is 4. The maximum atomic E-state index is 11.8. The first-order valence-electron chi connectivity index (χ1n) is 6.58. The number of carbonyl (C=O) groups is 2. The number of amides is 2. The van der Waals surface area contributed by atoms with Gasteiger partial charge in [0.1, 0.15) is 6.04 Å². The molecule has 112 valence electrons. The fraction of sp³-hybridized carbons (Fsp3) is 0.615. The Bertz CT molecular complexity index is 487. The maximum absolute atomic E-state index is 11.8. The molecule has 3 N–H and O–H groups in total. The number of urea groups is 1. The first-order chi connectivity index (χ1) is 9.35. The van der Waals surface area contributed by atoms with E-state index < -0.39 is 18.0 Å². The van der Waals surface area contributed by atoms with Crippen molar-refractivity contribution in [3.63, 3.8) is 0 Å². The van der Waals surface area contributed by atoms with Gasteiger partial charge in [-0.15, -0.1) is 11.3 Å². The third kappa shape index (κ3) is 4.48.